The van der Waals surface area contributed by atoms with Gasteiger partial charge in [-0.15, -0.1) is 0 Å². The minimum absolute atomic E-state index is 0.0366. The fraction of sp³-hybridized carbons (Fsp3) is 0.133. The van der Waals surface area contributed by atoms with Crippen LogP contribution in [0.5, 0.6) is 11.5 Å². The van der Waals surface area contributed by atoms with E-state index in [2.05, 4.69) is 10.5 Å². The van der Waals surface area contributed by atoms with Crippen LogP contribution in [-0.2, 0) is 21.4 Å². The lowest BCUT2D eigenvalue weighted by Crippen LogP contribution is -2.39. The Balaban J connectivity index is 1.38. The van der Waals surface area contributed by atoms with Gasteiger partial charge in [0.15, 0.2) is 0 Å². The summed E-state index contributed by atoms with van der Waals surface area (Å²) in [5, 5.41) is 4.66. The number of hydrogen-bond acceptors (Lipinski definition) is 6. The molecule has 0 fully saturated rings. The van der Waals surface area contributed by atoms with Gasteiger partial charge in [-0.1, -0.05) is 41.9 Å². The van der Waals surface area contributed by atoms with Crippen molar-refractivity contribution in [2.45, 2.75) is 18.4 Å². The molecule has 0 radical (unpaired) electrons. The molecular weight excluding hydrogens is 550 g/mol. The van der Waals surface area contributed by atoms with Crippen LogP contribution in [0.1, 0.15) is 18.1 Å². The Morgan fingerprint density at radius 1 is 0.875 bits per heavy atom. The van der Waals surface area contributed by atoms with E-state index in [1.165, 1.54) is 18.3 Å². The Hall–Kier alpha value is -4.34. The third-order valence-corrected chi connectivity index (χ3v) is 7.70. The van der Waals surface area contributed by atoms with Crippen molar-refractivity contribution in [2.24, 2.45) is 5.10 Å². The summed E-state index contributed by atoms with van der Waals surface area (Å²) in [6.07, 6.45) is 1.47. The monoisotopic (exact) mass is 577 g/mol. The van der Waals surface area contributed by atoms with Gasteiger partial charge in [0.05, 0.1) is 23.4 Å². The van der Waals surface area contributed by atoms with Gasteiger partial charge in [0, 0.05) is 5.02 Å². The normalized spacial score (nSPS) is 11.2. The maximum absolute atomic E-state index is 13.5. The van der Waals surface area contributed by atoms with Crippen LogP contribution < -0.4 is 19.2 Å². The summed E-state index contributed by atoms with van der Waals surface area (Å²) < 4.78 is 39.2. The molecule has 40 heavy (non-hydrogen) atoms. The molecule has 0 saturated heterocycles. The van der Waals surface area contributed by atoms with Crippen molar-refractivity contribution in [1.82, 2.24) is 5.43 Å². The standard InChI is InChI=1S/C30H28ClN3O5S/c1-2-38-27-16-18-29(19-17-27)40(36,37)34(26-6-4-3-5-7-26)21-30(35)33-32-20-23-10-14-28(15-11-23)39-22-24-8-12-25(31)13-9-24/h3-20H,2,21-22H2,1H3,(H,33,35)/b32-20-. The second-order valence-corrected chi connectivity index (χ2v) is 10.8. The van der Waals surface area contributed by atoms with E-state index < -0.39 is 22.5 Å². The van der Waals surface area contributed by atoms with E-state index in [9.17, 15) is 13.2 Å². The molecule has 0 heterocycles. The number of sulfonamides is 1. The highest BCUT2D eigenvalue weighted by Crippen LogP contribution is 2.25. The zero-order valence-electron chi connectivity index (χ0n) is 21.7. The predicted octanol–water partition coefficient (Wildman–Crippen LogP) is 5.66. The van der Waals surface area contributed by atoms with Crippen molar-refractivity contribution >= 4 is 39.4 Å². The van der Waals surface area contributed by atoms with Gasteiger partial charge in [-0.25, -0.2) is 13.8 Å². The third kappa shape index (κ3) is 7.84. The first-order valence-electron chi connectivity index (χ1n) is 12.4. The minimum Gasteiger partial charge on any atom is -0.494 e. The van der Waals surface area contributed by atoms with E-state index >= 15 is 0 Å². The second-order valence-electron chi connectivity index (χ2n) is 8.53. The second kappa shape index (κ2) is 13.6. The van der Waals surface area contributed by atoms with Crippen molar-refractivity contribution in [3.63, 3.8) is 0 Å². The molecule has 0 aliphatic heterocycles. The van der Waals surface area contributed by atoms with Crippen LogP contribution in [0.2, 0.25) is 5.02 Å². The average Bonchev–Trinajstić information content (AvgIpc) is 2.97. The highest BCUT2D eigenvalue weighted by Gasteiger charge is 2.27. The van der Waals surface area contributed by atoms with Crippen molar-refractivity contribution in [1.29, 1.82) is 0 Å². The van der Waals surface area contributed by atoms with Gasteiger partial charge < -0.3 is 9.47 Å². The third-order valence-electron chi connectivity index (χ3n) is 5.66. The van der Waals surface area contributed by atoms with Crippen LogP contribution in [0.4, 0.5) is 5.69 Å². The number of hydrogen-bond donors (Lipinski definition) is 1. The summed E-state index contributed by atoms with van der Waals surface area (Å²) in [5.74, 6) is 0.632. The Bertz CT molecular complexity index is 1530. The lowest BCUT2D eigenvalue weighted by molar-refractivity contribution is -0.119. The SMILES string of the molecule is CCOc1ccc(S(=O)(=O)N(CC(=O)N/N=C\c2ccc(OCc3ccc(Cl)cc3)cc2)c2ccccc2)cc1. The summed E-state index contributed by atoms with van der Waals surface area (Å²) in [7, 11) is -4.05. The minimum atomic E-state index is -4.05. The van der Waals surface area contributed by atoms with Gasteiger partial charge in [-0.3, -0.25) is 9.10 Å². The van der Waals surface area contributed by atoms with Gasteiger partial charge in [0.2, 0.25) is 0 Å². The lowest BCUT2D eigenvalue weighted by Gasteiger charge is -2.23. The number of hydrazone groups is 1. The zero-order valence-corrected chi connectivity index (χ0v) is 23.3. The summed E-state index contributed by atoms with van der Waals surface area (Å²) in [5.41, 5.74) is 4.48. The van der Waals surface area contributed by atoms with Crippen molar-refractivity contribution in [2.75, 3.05) is 17.5 Å². The van der Waals surface area contributed by atoms with Crippen molar-refractivity contribution < 1.29 is 22.7 Å². The molecule has 4 aromatic rings. The molecule has 0 aromatic heterocycles. The highest BCUT2D eigenvalue weighted by molar-refractivity contribution is 7.92. The topological polar surface area (TPSA) is 97.3 Å². The van der Waals surface area contributed by atoms with Gasteiger partial charge in [0.1, 0.15) is 24.7 Å². The average molecular weight is 578 g/mol. The molecule has 0 bridgehead atoms. The summed E-state index contributed by atoms with van der Waals surface area (Å²) in [6.45, 7) is 2.24. The Kier molecular flexibility index (Phi) is 9.77. The molecule has 0 unspecified atom stereocenters. The van der Waals surface area contributed by atoms with E-state index in [0.29, 0.717) is 35.4 Å². The smallest absolute Gasteiger partial charge is 0.264 e. The number of carbonyl (C=O) groups is 1. The number of nitrogens with zero attached hydrogens (tertiary/aromatic N) is 2. The number of halogens is 1. The van der Waals surface area contributed by atoms with Gasteiger partial charge >= 0.3 is 0 Å². The maximum Gasteiger partial charge on any atom is 0.264 e. The molecule has 10 heteroatoms. The molecule has 1 amide bonds. The molecule has 1 N–H and O–H groups in total. The van der Waals surface area contributed by atoms with E-state index in [0.717, 1.165) is 15.4 Å². The number of nitrogens with one attached hydrogen (secondary N) is 1. The molecule has 0 atom stereocenters. The number of carbonyl (C=O) groups excluding carboxylic acids is 1. The number of benzene rings is 4. The van der Waals surface area contributed by atoms with Crippen LogP contribution in [0.3, 0.4) is 0 Å². The number of para-hydroxylation sites is 1. The first-order chi connectivity index (χ1) is 19.3. The molecule has 0 spiro atoms. The Morgan fingerprint density at radius 2 is 1.50 bits per heavy atom. The summed E-state index contributed by atoms with van der Waals surface area (Å²) in [6, 6.07) is 29.1. The fourth-order valence-electron chi connectivity index (χ4n) is 3.65. The van der Waals surface area contributed by atoms with Crippen LogP contribution in [-0.4, -0.2) is 33.7 Å². The molecule has 0 aliphatic rings. The number of anilines is 1. The predicted molar refractivity (Wildman–Crippen MR) is 157 cm³/mol. The molecule has 4 aromatic carbocycles. The van der Waals surface area contributed by atoms with Crippen LogP contribution in [0, 0.1) is 0 Å². The molecule has 0 saturated carbocycles. The van der Waals surface area contributed by atoms with E-state index in [1.54, 1.807) is 66.7 Å². The summed E-state index contributed by atoms with van der Waals surface area (Å²) in [4.78, 5) is 12.8. The summed E-state index contributed by atoms with van der Waals surface area (Å²) >= 11 is 5.91. The number of ether oxygens (including phenoxy) is 2. The van der Waals surface area contributed by atoms with Gasteiger partial charge in [-0.05, 0) is 90.8 Å². The Labute approximate surface area is 238 Å². The van der Waals surface area contributed by atoms with Crippen molar-refractivity contribution in [3.05, 3.63) is 119 Å². The van der Waals surface area contributed by atoms with E-state index in [4.69, 9.17) is 21.1 Å². The van der Waals surface area contributed by atoms with E-state index in [1.807, 2.05) is 31.2 Å². The molecule has 8 nitrogen and oxygen atoms in total. The Morgan fingerprint density at radius 3 is 2.15 bits per heavy atom. The van der Waals surface area contributed by atoms with Gasteiger partial charge in [-0.2, -0.15) is 5.10 Å². The molecule has 206 valence electrons. The lowest BCUT2D eigenvalue weighted by atomic mass is 10.2. The first kappa shape index (κ1) is 28.7. The van der Waals surface area contributed by atoms with Crippen molar-refractivity contribution in [3.8, 4) is 11.5 Å². The number of rotatable bonds is 12. The van der Waals surface area contributed by atoms with Crippen LogP contribution in [0.15, 0.2) is 113 Å². The first-order valence-corrected chi connectivity index (χ1v) is 14.3. The highest BCUT2D eigenvalue weighted by atomic mass is 35.5. The largest absolute Gasteiger partial charge is 0.494 e. The zero-order chi connectivity index (χ0) is 28.4. The van der Waals surface area contributed by atoms with Crippen LogP contribution >= 0.6 is 11.6 Å². The maximum atomic E-state index is 13.5. The van der Waals surface area contributed by atoms with Crippen LogP contribution in [0.25, 0.3) is 0 Å². The molecule has 0 aliphatic carbocycles. The quantitative estimate of drug-likeness (QED) is 0.173. The van der Waals surface area contributed by atoms with E-state index in [-0.39, 0.29) is 4.90 Å². The van der Waals surface area contributed by atoms with Gasteiger partial charge in [0.25, 0.3) is 15.9 Å². The molecule has 4 rings (SSSR count). The fourth-order valence-corrected chi connectivity index (χ4v) is 5.20. The number of amides is 1. The molecular formula is C30H28ClN3O5S.